The summed E-state index contributed by atoms with van der Waals surface area (Å²) in [5.41, 5.74) is 3.54. The van der Waals surface area contributed by atoms with Gasteiger partial charge in [-0.05, 0) is 76.1 Å². The molecule has 0 aliphatic carbocycles. The summed E-state index contributed by atoms with van der Waals surface area (Å²) in [5.74, 6) is 0.607. The molecule has 1 aliphatic rings. The first-order chi connectivity index (χ1) is 11.3. The lowest BCUT2D eigenvalue weighted by atomic mass is 9.96. The van der Waals surface area contributed by atoms with Gasteiger partial charge in [0.05, 0.1) is 0 Å². The third-order valence-corrected chi connectivity index (χ3v) is 4.59. The lowest BCUT2D eigenvalue weighted by molar-refractivity contribution is 0.0188. The molecule has 4 heteroatoms. The molecule has 1 N–H and O–H groups in total. The second kappa shape index (κ2) is 7.91. The van der Waals surface area contributed by atoms with Gasteiger partial charge >= 0.3 is 6.09 Å². The summed E-state index contributed by atoms with van der Waals surface area (Å²) in [5, 5.41) is 3.56. The Morgan fingerprint density at radius 2 is 1.96 bits per heavy atom. The van der Waals surface area contributed by atoms with Crippen LogP contribution in [0.4, 0.5) is 10.5 Å². The second-order valence-electron chi connectivity index (χ2n) is 7.79. The van der Waals surface area contributed by atoms with Crippen LogP contribution < -0.4 is 5.32 Å². The van der Waals surface area contributed by atoms with Crippen molar-refractivity contribution in [2.24, 2.45) is 5.92 Å². The summed E-state index contributed by atoms with van der Waals surface area (Å²) < 4.78 is 5.45. The van der Waals surface area contributed by atoms with Crippen molar-refractivity contribution in [2.75, 3.05) is 25.0 Å². The average molecular weight is 332 g/mol. The van der Waals surface area contributed by atoms with E-state index in [0.29, 0.717) is 5.92 Å². The molecule has 4 nitrogen and oxygen atoms in total. The fraction of sp³-hybridized carbons (Fsp3) is 0.650. The molecule has 0 aromatic heterocycles. The number of benzene rings is 1. The van der Waals surface area contributed by atoms with Gasteiger partial charge in [-0.25, -0.2) is 4.79 Å². The molecule has 0 saturated carbocycles. The Kier molecular flexibility index (Phi) is 6.14. The highest BCUT2D eigenvalue weighted by molar-refractivity contribution is 5.68. The lowest BCUT2D eigenvalue weighted by Gasteiger charge is -2.33. The number of carbonyl (C=O) groups is 1. The molecule has 1 amide bonds. The van der Waals surface area contributed by atoms with Gasteiger partial charge in [0.1, 0.15) is 5.60 Å². The highest BCUT2D eigenvalue weighted by Gasteiger charge is 2.26. The van der Waals surface area contributed by atoms with Crippen molar-refractivity contribution < 1.29 is 9.53 Å². The Morgan fingerprint density at radius 3 is 2.54 bits per heavy atom. The minimum atomic E-state index is -0.419. The lowest BCUT2D eigenvalue weighted by Crippen LogP contribution is -2.42. The van der Waals surface area contributed by atoms with Crippen LogP contribution in [0.15, 0.2) is 18.2 Å². The Morgan fingerprint density at radius 1 is 1.29 bits per heavy atom. The first-order valence-corrected chi connectivity index (χ1v) is 9.10. The Balaban J connectivity index is 1.78. The highest BCUT2D eigenvalue weighted by atomic mass is 16.6. The van der Waals surface area contributed by atoms with Crippen LogP contribution in [0, 0.1) is 12.8 Å². The molecule has 1 aromatic carbocycles. The minimum Gasteiger partial charge on any atom is -0.444 e. The first kappa shape index (κ1) is 18.6. The van der Waals surface area contributed by atoms with E-state index in [0.717, 1.165) is 38.9 Å². The summed E-state index contributed by atoms with van der Waals surface area (Å²) in [6, 6.07) is 6.60. The Bertz CT molecular complexity index is 555. The number of likely N-dealkylation sites (tertiary alicyclic amines) is 1. The van der Waals surface area contributed by atoms with Crippen LogP contribution in [0.1, 0.15) is 51.7 Å². The highest BCUT2D eigenvalue weighted by Crippen LogP contribution is 2.21. The van der Waals surface area contributed by atoms with E-state index in [-0.39, 0.29) is 6.09 Å². The van der Waals surface area contributed by atoms with Crippen LogP contribution in [0.25, 0.3) is 0 Å². The van der Waals surface area contributed by atoms with Gasteiger partial charge < -0.3 is 15.0 Å². The van der Waals surface area contributed by atoms with E-state index < -0.39 is 5.60 Å². The van der Waals surface area contributed by atoms with E-state index in [4.69, 9.17) is 4.74 Å². The smallest absolute Gasteiger partial charge is 0.410 e. The molecular formula is C20H32N2O2. The van der Waals surface area contributed by atoms with Gasteiger partial charge in [0.15, 0.2) is 0 Å². The molecule has 1 fully saturated rings. The number of aryl methyl sites for hydroxylation is 2. The number of nitrogens with zero attached hydrogens (tertiary/aromatic N) is 1. The van der Waals surface area contributed by atoms with E-state index in [1.807, 2.05) is 25.7 Å². The maximum Gasteiger partial charge on any atom is 0.410 e. The van der Waals surface area contributed by atoms with Gasteiger partial charge in [-0.1, -0.05) is 13.0 Å². The Labute approximate surface area is 146 Å². The van der Waals surface area contributed by atoms with Crippen LogP contribution in [0.3, 0.4) is 0 Å². The maximum absolute atomic E-state index is 12.1. The van der Waals surface area contributed by atoms with Crippen LogP contribution in [-0.2, 0) is 11.2 Å². The summed E-state index contributed by atoms with van der Waals surface area (Å²) in [7, 11) is 0. The molecular weight excluding hydrogens is 300 g/mol. The number of carbonyl (C=O) groups excluding carboxylic acids is 1. The molecule has 0 unspecified atom stereocenters. The van der Waals surface area contributed by atoms with Crippen molar-refractivity contribution in [2.45, 2.75) is 59.5 Å². The fourth-order valence-corrected chi connectivity index (χ4v) is 3.07. The third-order valence-electron chi connectivity index (χ3n) is 4.59. The van der Waals surface area contributed by atoms with Gasteiger partial charge in [0, 0.05) is 25.3 Å². The number of piperidine rings is 1. The van der Waals surface area contributed by atoms with Gasteiger partial charge in [0.25, 0.3) is 0 Å². The summed E-state index contributed by atoms with van der Waals surface area (Å²) >= 11 is 0. The van der Waals surface area contributed by atoms with Crippen molar-refractivity contribution >= 4 is 11.8 Å². The summed E-state index contributed by atoms with van der Waals surface area (Å²) in [6.45, 7) is 12.6. The zero-order valence-corrected chi connectivity index (χ0v) is 15.8. The van der Waals surface area contributed by atoms with Gasteiger partial charge in [-0.15, -0.1) is 0 Å². The van der Waals surface area contributed by atoms with Crippen LogP contribution in [0.2, 0.25) is 0 Å². The molecule has 134 valence electrons. The van der Waals surface area contributed by atoms with Crippen molar-refractivity contribution in [1.82, 2.24) is 4.90 Å². The standard InChI is InChI=1S/C20H32N2O2/c1-6-17-13-18(8-7-15(17)2)21-14-16-9-11-22(12-10-16)19(23)24-20(3,4)5/h7-8,13,16,21H,6,9-12,14H2,1-5H3. The number of hydrogen-bond donors (Lipinski definition) is 1. The number of nitrogens with one attached hydrogen (secondary N) is 1. The average Bonchev–Trinajstić information content (AvgIpc) is 2.53. The monoisotopic (exact) mass is 332 g/mol. The number of rotatable bonds is 4. The second-order valence-corrected chi connectivity index (χ2v) is 7.79. The molecule has 24 heavy (non-hydrogen) atoms. The van der Waals surface area contributed by atoms with E-state index in [1.165, 1.54) is 16.8 Å². The third kappa shape index (κ3) is 5.43. The SMILES string of the molecule is CCc1cc(NCC2CCN(C(=O)OC(C)(C)C)CC2)ccc1C. The molecule has 0 bridgehead atoms. The van der Waals surface area contributed by atoms with Crippen LogP contribution >= 0.6 is 0 Å². The topological polar surface area (TPSA) is 41.6 Å². The van der Waals surface area contributed by atoms with E-state index in [1.54, 1.807) is 0 Å². The largest absolute Gasteiger partial charge is 0.444 e. The predicted octanol–water partition coefficient (Wildman–Crippen LogP) is 4.62. The van der Waals surface area contributed by atoms with Crippen molar-refractivity contribution in [3.8, 4) is 0 Å². The van der Waals surface area contributed by atoms with Crippen molar-refractivity contribution in [3.63, 3.8) is 0 Å². The van der Waals surface area contributed by atoms with Crippen LogP contribution in [0.5, 0.6) is 0 Å². The normalized spacial score (nSPS) is 16.1. The summed E-state index contributed by atoms with van der Waals surface area (Å²) in [6.07, 6.45) is 2.94. The molecule has 1 heterocycles. The van der Waals surface area contributed by atoms with E-state index >= 15 is 0 Å². The van der Waals surface area contributed by atoms with E-state index in [2.05, 4.69) is 37.4 Å². The first-order valence-electron chi connectivity index (χ1n) is 9.10. The van der Waals surface area contributed by atoms with Gasteiger partial charge in [0.2, 0.25) is 0 Å². The molecule has 0 radical (unpaired) electrons. The zero-order chi connectivity index (χ0) is 17.7. The number of anilines is 1. The molecule has 2 rings (SSSR count). The fourth-order valence-electron chi connectivity index (χ4n) is 3.07. The summed E-state index contributed by atoms with van der Waals surface area (Å²) in [4.78, 5) is 13.9. The molecule has 0 spiro atoms. The van der Waals surface area contributed by atoms with Crippen LogP contribution in [-0.4, -0.2) is 36.2 Å². The minimum absolute atomic E-state index is 0.181. The van der Waals surface area contributed by atoms with Gasteiger partial charge in [-0.3, -0.25) is 0 Å². The quantitative estimate of drug-likeness (QED) is 0.875. The number of hydrogen-bond acceptors (Lipinski definition) is 3. The van der Waals surface area contributed by atoms with Crippen molar-refractivity contribution in [1.29, 1.82) is 0 Å². The molecule has 0 atom stereocenters. The molecule has 1 aliphatic heterocycles. The van der Waals surface area contributed by atoms with E-state index in [9.17, 15) is 4.79 Å². The number of amides is 1. The maximum atomic E-state index is 12.1. The van der Waals surface area contributed by atoms with Crippen molar-refractivity contribution in [3.05, 3.63) is 29.3 Å². The predicted molar refractivity (Wildman–Crippen MR) is 99.6 cm³/mol. The van der Waals surface area contributed by atoms with Gasteiger partial charge in [-0.2, -0.15) is 0 Å². The Hall–Kier alpha value is -1.71. The number of ether oxygens (including phenoxy) is 1. The molecule has 1 saturated heterocycles. The molecule has 1 aromatic rings. The zero-order valence-electron chi connectivity index (χ0n) is 15.8.